The highest BCUT2D eigenvalue weighted by molar-refractivity contribution is 7.89. The molecular formula is C15H26N2O3S. The summed E-state index contributed by atoms with van der Waals surface area (Å²) in [5, 5.41) is 3.32. The first-order valence-corrected chi connectivity index (χ1v) is 8.93. The quantitative estimate of drug-likeness (QED) is 0.846. The van der Waals surface area contributed by atoms with E-state index in [-0.39, 0.29) is 16.4 Å². The molecule has 6 heteroatoms. The predicted octanol–water partition coefficient (Wildman–Crippen LogP) is 2.55. The van der Waals surface area contributed by atoms with Gasteiger partial charge in [-0.25, -0.2) is 13.1 Å². The van der Waals surface area contributed by atoms with Crippen LogP contribution in [0.4, 0.5) is 0 Å². The topological polar surface area (TPSA) is 71.3 Å². The number of sulfonamides is 1. The minimum atomic E-state index is -3.55. The van der Waals surface area contributed by atoms with Crippen LogP contribution in [0.3, 0.4) is 0 Å². The summed E-state index contributed by atoms with van der Waals surface area (Å²) in [5.41, 5.74) is -0.138. The minimum Gasteiger partial charge on any atom is -0.464 e. The number of nitrogens with one attached hydrogen (secondary N) is 2. The maximum Gasteiger partial charge on any atom is 0.244 e. The molecule has 1 heterocycles. The van der Waals surface area contributed by atoms with E-state index in [0.29, 0.717) is 24.1 Å². The first-order chi connectivity index (χ1) is 9.59. The van der Waals surface area contributed by atoms with E-state index in [0.717, 1.165) is 0 Å². The van der Waals surface area contributed by atoms with Crippen LogP contribution >= 0.6 is 0 Å². The average molecular weight is 314 g/mol. The lowest BCUT2D eigenvalue weighted by molar-refractivity contribution is 0.317. The van der Waals surface area contributed by atoms with Crippen LogP contribution in [0.15, 0.2) is 15.4 Å². The predicted molar refractivity (Wildman–Crippen MR) is 82.5 cm³/mol. The highest BCUT2D eigenvalue weighted by atomic mass is 32.2. The Morgan fingerprint density at radius 2 is 2.00 bits per heavy atom. The van der Waals surface area contributed by atoms with E-state index in [1.165, 1.54) is 12.8 Å². The molecule has 0 bridgehead atoms. The van der Waals surface area contributed by atoms with E-state index in [1.807, 2.05) is 27.7 Å². The molecule has 1 aliphatic carbocycles. The van der Waals surface area contributed by atoms with Gasteiger partial charge in [-0.05, 0) is 32.1 Å². The molecule has 0 saturated heterocycles. The minimum absolute atomic E-state index is 0.138. The molecule has 5 nitrogen and oxygen atoms in total. The molecule has 1 saturated carbocycles. The van der Waals surface area contributed by atoms with Crippen molar-refractivity contribution in [2.75, 3.05) is 0 Å². The third-order valence-corrected chi connectivity index (χ3v) is 5.63. The molecule has 1 aromatic rings. The van der Waals surface area contributed by atoms with Crippen molar-refractivity contribution in [3.63, 3.8) is 0 Å². The van der Waals surface area contributed by atoms with Crippen LogP contribution in [-0.2, 0) is 16.6 Å². The van der Waals surface area contributed by atoms with Crippen LogP contribution < -0.4 is 10.0 Å². The second kappa shape index (κ2) is 5.74. The van der Waals surface area contributed by atoms with Gasteiger partial charge >= 0.3 is 0 Å². The Morgan fingerprint density at radius 3 is 2.52 bits per heavy atom. The van der Waals surface area contributed by atoms with Crippen molar-refractivity contribution in [3.05, 3.63) is 17.6 Å². The van der Waals surface area contributed by atoms with Gasteiger partial charge in [-0.3, -0.25) is 0 Å². The molecule has 1 fully saturated rings. The molecule has 120 valence electrons. The van der Waals surface area contributed by atoms with E-state index in [4.69, 9.17) is 4.42 Å². The second-order valence-corrected chi connectivity index (χ2v) is 8.68. The Morgan fingerprint density at radius 1 is 1.38 bits per heavy atom. The van der Waals surface area contributed by atoms with Crippen LogP contribution in [0.5, 0.6) is 0 Å². The van der Waals surface area contributed by atoms with Gasteiger partial charge in [-0.2, -0.15) is 0 Å². The average Bonchev–Trinajstić information content (AvgIpc) is 3.07. The van der Waals surface area contributed by atoms with Gasteiger partial charge in [0.2, 0.25) is 10.0 Å². The standard InChI is InChI=1S/C15H26N2O3S/c1-10-14(8-13(20-10)9-16-12-6-7-12)21(18,19)17-11(2)15(3,4)5/h8,11-12,16-17H,6-7,9H2,1-5H3. The first-order valence-electron chi connectivity index (χ1n) is 7.44. The maximum absolute atomic E-state index is 12.5. The normalized spacial score (nSPS) is 18.0. The molecule has 1 aliphatic rings. The fourth-order valence-corrected chi connectivity index (χ4v) is 3.54. The summed E-state index contributed by atoms with van der Waals surface area (Å²) >= 11 is 0. The van der Waals surface area contributed by atoms with E-state index in [9.17, 15) is 8.42 Å². The Bertz CT molecular complexity index is 595. The van der Waals surface area contributed by atoms with Gasteiger partial charge in [-0.15, -0.1) is 0 Å². The van der Waals surface area contributed by atoms with E-state index < -0.39 is 10.0 Å². The van der Waals surface area contributed by atoms with Crippen LogP contribution in [0.25, 0.3) is 0 Å². The van der Waals surface area contributed by atoms with Crippen molar-refractivity contribution in [1.29, 1.82) is 0 Å². The van der Waals surface area contributed by atoms with Gasteiger partial charge in [0.1, 0.15) is 16.4 Å². The number of hydrogen-bond donors (Lipinski definition) is 2. The van der Waals surface area contributed by atoms with Crippen LogP contribution in [-0.4, -0.2) is 20.5 Å². The summed E-state index contributed by atoms with van der Waals surface area (Å²) in [6.07, 6.45) is 2.38. The van der Waals surface area contributed by atoms with Crippen LogP contribution in [0.1, 0.15) is 52.1 Å². The van der Waals surface area contributed by atoms with Gasteiger partial charge in [0.05, 0.1) is 6.54 Å². The van der Waals surface area contributed by atoms with Gasteiger partial charge < -0.3 is 9.73 Å². The third-order valence-electron chi connectivity index (χ3n) is 3.99. The fourth-order valence-electron chi connectivity index (χ4n) is 1.88. The number of furan rings is 1. The monoisotopic (exact) mass is 314 g/mol. The lowest BCUT2D eigenvalue weighted by atomic mass is 9.89. The van der Waals surface area contributed by atoms with Crippen LogP contribution in [0.2, 0.25) is 0 Å². The lowest BCUT2D eigenvalue weighted by Crippen LogP contribution is -2.41. The highest BCUT2D eigenvalue weighted by Crippen LogP contribution is 2.25. The van der Waals surface area contributed by atoms with Crippen molar-refractivity contribution in [1.82, 2.24) is 10.0 Å². The van der Waals surface area contributed by atoms with Crippen molar-refractivity contribution in [2.45, 2.75) is 71.0 Å². The first kappa shape index (κ1) is 16.5. The molecule has 0 aliphatic heterocycles. The molecule has 0 spiro atoms. The van der Waals surface area contributed by atoms with E-state index >= 15 is 0 Å². The molecular weight excluding hydrogens is 288 g/mol. The van der Waals surface area contributed by atoms with Gasteiger partial charge in [0, 0.05) is 18.2 Å². The number of aryl methyl sites for hydroxylation is 1. The summed E-state index contributed by atoms with van der Waals surface area (Å²) in [6.45, 7) is 10.2. The van der Waals surface area contributed by atoms with Gasteiger partial charge in [0.15, 0.2) is 0 Å². The fraction of sp³-hybridized carbons (Fsp3) is 0.733. The van der Waals surface area contributed by atoms with E-state index in [2.05, 4.69) is 10.0 Å². The summed E-state index contributed by atoms with van der Waals surface area (Å²) in [6, 6.07) is 2.03. The molecule has 1 unspecified atom stereocenters. The van der Waals surface area contributed by atoms with Crippen molar-refractivity contribution >= 4 is 10.0 Å². The maximum atomic E-state index is 12.5. The zero-order chi connectivity index (χ0) is 15.8. The molecule has 1 aromatic heterocycles. The smallest absolute Gasteiger partial charge is 0.244 e. The Balaban J connectivity index is 2.11. The number of hydrogen-bond acceptors (Lipinski definition) is 4. The van der Waals surface area contributed by atoms with Crippen molar-refractivity contribution in [2.24, 2.45) is 5.41 Å². The second-order valence-electron chi connectivity index (χ2n) is 7.00. The summed E-state index contributed by atoms with van der Waals surface area (Å²) < 4.78 is 33.3. The molecule has 0 amide bonds. The Hall–Kier alpha value is -0.850. The SMILES string of the molecule is Cc1oc(CNC2CC2)cc1S(=O)(=O)NC(C)C(C)(C)C. The largest absolute Gasteiger partial charge is 0.464 e. The number of rotatable bonds is 6. The molecule has 2 rings (SSSR count). The van der Waals surface area contributed by atoms with Gasteiger partial charge in [-0.1, -0.05) is 20.8 Å². The molecule has 1 atom stereocenters. The van der Waals surface area contributed by atoms with Crippen LogP contribution in [0, 0.1) is 12.3 Å². The lowest BCUT2D eigenvalue weighted by Gasteiger charge is -2.27. The zero-order valence-corrected chi connectivity index (χ0v) is 14.3. The van der Waals surface area contributed by atoms with Crippen molar-refractivity contribution < 1.29 is 12.8 Å². The zero-order valence-electron chi connectivity index (χ0n) is 13.5. The molecule has 2 N–H and O–H groups in total. The summed E-state index contributed by atoms with van der Waals surface area (Å²) in [4.78, 5) is 0.242. The van der Waals surface area contributed by atoms with Gasteiger partial charge in [0.25, 0.3) is 0 Å². The Labute approximate surface area is 127 Å². The third kappa shape index (κ3) is 4.31. The summed E-state index contributed by atoms with van der Waals surface area (Å²) in [7, 11) is -3.55. The molecule has 0 radical (unpaired) electrons. The highest BCUT2D eigenvalue weighted by Gasteiger charge is 2.29. The molecule has 21 heavy (non-hydrogen) atoms. The van der Waals surface area contributed by atoms with E-state index in [1.54, 1.807) is 13.0 Å². The molecule has 0 aromatic carbocycles. The van der Waals surface area contributed by atoms with Crippen molar-refractivity contribution in [3.8, 4) is 0 Å². The Kier molecular flexibility index (Phi) is 4.52. The summed E-state index contributed by atoms with van der Waals surface area (Å²) in [5.74, 6) is 1.11.